The first kappa shape index (κ1) is 18.4. The maximum atomic E-state index is 12.8. The van der Waals surface area contributed by atoms with E-state index >= 15 is 0 Å². The lowest BCUT2D eigenvalue weighted by atomic mass is 10.0. The monoisotopic (exact) mass is 373 g/mol. The molecule has 0 bridgehead atoms. The van der Waals surface area contributed by atoms with Crippen molar-refractivity contribution in [2.75, 3.05) is 0 Å². The summed E-state index contributed by atoms with van der Waals surface area (Å²) in [6.07, 6.45) is -4.05. The fraction of sp³-hybridized carbons (Fsp3) is 0.100. The zero-order chi connectivity index (χ0) is 19.4. The van der Waals surface area contributed by atoms with Crippen LogP contribution < -0.4 is 4.74 Å². The van der Waals surface area contributed by atoms with Gasteiger partial charge in [-0.1, -0.05) is 42.5 Å². The molecule has 7 heteroatoms. The molecule has 0 atom stereocenters. The van der Waals surface area contributed by atoms with Crippen molar-refractivity contribution in [3.8, 4) is 17.0 Å². The molecule has 3 rings (SSSR count). The summed E-state index contributed by atoms with van der Waals surface area (Å²) in [7, 11) is 0. The van der Waals surface area contributed by atoms with E-state index in [2.05, 4.69) is 4.98 Å². The molecule has 138 valence electrons. The summed E-state index contributed by atoms with van der Waals surface area (Å²) in [4.78, 5) is 15.2. The molecular weight excluding hydrogens is 359 g/mol. The van der Waals surface area contributed by atoms with Gasteiger partial charge in [0.15, 0.2) is 0 Å². The number of nitrogens with zero attached hydrogens (tertiary/aromatic N) is 1. The van der Waals surface area contributed by atoms with Gasteiger partial charge in [0.2, 0.25) is 0 Å². The lowest BCUT2D eigenvalue weighted by Gasteiger charge is -2.12. The minimum Gasteiger partial charge on any atom is -0.489 e. The third-order valence-electron chi connectivity index (χ3n) is 3.80. The molecule has 27 heavy (non-hydrogen) atoms. The van der Waals surface area contributed by atoms with Crippen LogP contribution >= 0.6 is 0 Å². The number of rotatable bonds is 5. The van der Waals surface area contributed by atoms with Crippen molar-refractivity contribution in [1.82, 2.24) is 4.98 Å². The highest BCUT2D eigenvalue weighted by molar-refractivity contribution is 5.95. The van der Waals surface area contributed by atoms with Gasteiger partial charge in [0.1, 0.15) is 12.4 Å². The highest BCUT2D eigenvalue weighted by atomic mass is 19.4. The number of benzene rings is 2. The summed E-state index contributed by atoms with van der Waals surface area (Å²) >= 11 is 0. The van der Waals surface area contributed by atoms with Gasteiger partial charge in [0.25, 0.3) is 0 Å². The summed E-state index contributed by atoms with van der Waals surface area (Å²) in [5.41, 5.74) is -0.390. The molecule has 1 aromatic heterocycles. The Morgan fingerprint density at radius 1 is 1.04 bits per heavy atom. The molecule has 0 unspecified atom stereocenters. The molecule has 0 amide bonds. The van der Waals surface area contributed by atoms with Crippen LogP contribution in [0, 0.1) is 0 Å². The number of carboxylic acids is 1. The smallest absolute Gasteiger partial charge is 0.417 e. The Kier molecular flexibility index (Phi) is 5.12. The van der Waals surface area contributed by atoms with E-state index in [1.165, 1.54) is 0 Å². The minimum absolute atomic E-state index is 0.0549. The number of halogens is 3. The average molecular weight is 373 g/mol. The Morgan fingerprint density at radius 3 is 2.44 bits per heavy atom. The standard InChI is InChI=1S/C20H14F3NO3/c21-20(22,23)15-10-17(19(25)26)18(24-11-15)14-7-4-8-16(9-14)27-12-13-5-2-1-3-6-13/h1-11H,12H2,(H,25,26). The Labute approximate surface area is 152 Å². The van der Waals surface area contributed by atoms with E-state index in [0.717, 1.165) is 5.56 Å². The normalized spacial score (nSPS) is 11.2. The van der Waals surface area contributed by atoms with Crippen molar-refractivity contribution in [3.05, 3.63) is 83.6 Å². The van der Waals surface area contributed by atoms with E-state index in [0.29, 0.717) is 30.2 Å². The Morgan fingerprint density at radius 2 is 1.78 bits per heavy atom. The van der Waals surface area contributed by atoms with Crippen molar-refractivity contribution >= 4 is 5.97 Å². The zero-order valence-electron chi connectivity index (χ0n) is 13.9. The number of hydrogen-bond donors (Lipinski definition) is 1. The molecule has 0 spiro atoms. The zero-order valence-corrected chi connectivity index (χ0v) is 13.9. The summed E-state index contributed by atoms with van der Waals surface area (Å²) in [6.45, 7) is 0.302. The van der Waals surface area contributed by atoms with Crippen molar-refractivity contribution in [2.45, 2.75) is 12.8 Å². The van der Waals surface area contributed by atoms with Crippen molar-refractivity contribution in [3.63, 3.8) is 0 Å². The number of aromatic carboxylic acids is 1. The van der Waals surface area contributed by atoms with Crippen LogP contribution in [0.1, 0.15) is 21.5 Å². The first-order chi connectivity index (χ1) is 12.8. The molecule has 1 N–H and O–H groups in total. The highest BCUT2D eigenvalue weighted by Crippen LogP contribution is 2.32. The number of ether oxygens (including phenoxy) is 1. The number of hydrogen-bond acceptors (Lipinski definition) is 3. The highest BCUT2D eigenvalue weighted by Gasteiger charge is 2.32. The van der Waals surface area contributed by atoms with Crippen LogP contribution in [-0.2, 0) is 12.8 Å². The Bertz CT molecular complexity index is 956. The Hall–Kier alpha value is -3.35. The molecule has 0 radical (unpaired) electrons. The van der Waals surface area contributed by atoms with Crippen LogP contribution in [0.15, 0.2) is 66.9 Å². The number of carbonyl (C=O) groups is 1. The van der Waals surface area contributed by atoms with Crippen molar-refractivity contribution in [2.24, 2.45) is 0 Å². The van der Waals surface area contributed by atoms with Gasteiger partial charge >= 0.3 is 12.1 Å². The van der Waals surface area contributed by atoms with Crippen LogP contribution in [0.3, 0.4) is 0 Å². The van der Waals surface area contributed by atoms with Crippen molar-refractivity contribution in [1.29, 1.82) is 0 Å². The maximum absolute atomic E-state index is 12.8. The SMILES string of the molecule is O=C(O)c1cc(C(F)(F)F)cnc1-c1cccc(OCc2ccccc2)c1. The van der Waals surface area contributed by atoms with E-state index in [1.54, 1.807) is 24.3 Å². The fourth-order valence-electron chi connectivity index (χ4n) is 2.49. The first-order valence-corrected chi connectivity index (χ1v) is 7.92. The van der Waals surface area contributed by atoms with Crippen LogP contribution in [0.5, 0.6) is 5.75 Å². The number of aromatic nitrogens is 1. The predicted octanol–water partition coefficient (Wildman–Crippen LogP) is 5.04. The molecule has 1 heterocycles. The van der Waals surface area contributed by atoms with Gasteiger partial charge in [0.05, 0.1) is 16.8 Å². The van der Waals surface area contributed by atoms with Gasteiger partial charge in [-0.15, -0.1) is 0 Å². The van der Waals surface area contributed by atoms with Gasteiger partial charge in [-0.2, -0.15) is 13.2 Å². The summed E-state index contributed by atoms with van der Waals surface area (Å²) in [5, 5.41) is 9.30. The van der Waals surface area contributed by atoms with Gasteiger partial charge in [-0.3, -0.25) is 4.98 Å². The van der Waals surface area contributed by atoms with E-state index in [1.807, 2.05) is 30.3 Å². The summed E-state index contributed by atoms with van der Waals surface area (Å²) in [6, 6.07) is 16.4. The minimum atomic E-state index is -4.67. The largest absolute Gasteiger partial charge is 0.489 e. The molecule has 0 aliphatic heterocycles. The van der Waals surface area contributed by atoms with Gasteiger partial charge in [-0.25, -0.2) is 4.79 Å². The fourth-order valence-corrected chi connectivity index (χ4v) is 2.49. The Balaban J connectivity index is 1.91. The lowest BCUT2D eigenvalue weighted by Crippen LogP contribution is -2.10. The topological polar surface area (TPSA) is 59.4 Å². The predicted molar refractivity (Wildman–Crippen MR) is 92.4 cm³/mol. The second kappa shape index (κ2) is 7.49. The summed E-state index contributed by atoms with van der Waals surface area (Å²) in [5.74, 6) is -1.03. The van der Waals surface area contributed by atoms with Gasteiger partial charge in [-0.05, 0) is 23.8 Å². The second-order valence-electron chi connectivity index (χ2n) is 5.73. The van der Waals surface area contributed by atoms with Crippen LogP contribution in [-0.4, -0.2) is 16.1 Å². The van der Waals surface area contributed by atoms with Gasteiger partial charge < -0.3 is 9.84 Å². The molecule has 2 aromatic carbocycles. The third-order valence-corrected chi connectivity index (χ3v) is 3.80. The quantitative estimate of drug-likeness (QED) is 0.680. The molecule has 4 nitrogen and oxygen atoms in total. The molecule has 0 saturated carbocycles. The maximum Gasteiger partial charge on any atom is 0.417 e. The first-order valence-electron chi connectivity index (χ1n) is 7.92. The lowest BCUT2D eigenvalue weighted by molar-refractivity contribution is -0.137. The number of carboxylic acid groups (broad SMARTS) is 1. The van der Waals surface area contributed by atoms with Crippen LogP contribution in [0.4, 0.5) is 13.2 Å². The van der Waals surface area contributed by atoms with E-state index in [9.17, 15) is 23.1 Å². The molecule has 3 aromatic rings. The third kappa shape index (κ3) is 4.44. The van der Waals surface area contributed by atoms with Crippen molar-refractivity contribution < 1.29 is 27.8 Å². The van der Waals surface area contributed by atoms with E-state index < -0.39 is 23.3 Å². The molecule has 0 saturated heterocycles. The average Bonchev–Trinajstić information content (AvgIpc) is 2.66. The van der Waals surface area contributed by atoms with E-state index in [4.69, 9.17) is 4.74 Å². The second-order valence-corrected chi connectivity index (χ2v) is 5.73. The van der Waals surface area contributed by atoms with Crippen LogP contribution in [0.2, 0.25) is 0 Å². The number of pyridine rings is 1. The van der Waals surface area contributed by atoms with Gasteiger partial charge in [0, 0.05) is 11.8 Å². The van der Waals surface area contributed by atoms with E-state index in [-0.39, 0.29) is 5.69 Å². The van der Waals surface area contributed by atoms with Crippen LogP contribution in [0.25, 0.3) is 11.3 Å². The molecule has 0 aliphatic rings. The number of alkyl halides is 3. The molecule has 0 aliphatic carbocycles. The molecule has 0 fully saturated rings. The molecular formula is C20H14F3NO3. The summed E-state index contributed by atoms with van der Waals surface area (Å²) < 4.78 is 44.2.